The van der Waals surface area contributed by atoms with Gasteiger partial charge in [-0.05, 0) is 49.7 Å². The number of nitrogens with zero attached hydrogens (tertiary/aromatic N) is 1. The first-order valence-corrected chi connectivity index (χ1v) is 8.10. The maximum Gasteiger partial charge on any atom is 0.269 e. The molecule has 1 amide bonds. The average molecular weight is 351 g/mol. The summed E-state index contributed by atoms with van der Waals surface area (Å²) in [6, 6.07) is 11.4. The van der Waals surface area contributed by atoms with Gasteiger partial charge in [-0.15, -0.1) is 11.8 Å². The minimum atomic E-state index is -0.451. The van der Waals surface area contributed by atoms with E-state index in [9.17, 15) is 14.9 Å². The van der Waals surface area contributed by atoms with Gasteiger partial charge in [-0.2, -0.15) is 0 Å². The third-order valence-corrected chi connectivity index (χ3v) is 4.52. The molecule has 2 aromatic rings. The number of hydrogen-bond donors (Lipinski definition) is 1. The maximum absolute atomic E-state index is 12.3. The zero-order valence-corrected chi connectivity index (χ0v) is 14.1. The topological polar surface area (TPSA) is 72.2 Å². The molecule has 5 nitrogen and oxygen atoms in total. The number of non-ortho nitro benzene ring substituents is 1. The number of benzene rings is 2. The Kier molecular flexibility index (Phi) is 5.63. The fourth-order valence-corrected chi connectivity index (χ4v) is 3.00. The molecule has 0 saturated carbocycles. The number of hydrogen-bond acceptors (Lipinski definition) is 4. The van der Waals surface area contributed by atoms with E-state index in [4.69, 9.17) is 11.6 Å². The molecule has 23 heavy (non-hydrogen) atoms. The lowest BCUT2D eigenvalue weighted by molar-refractivity contribution is -0.384. The second-order valence-corrected chi connectivity index (χ2v) is 6.81. The Labute approximate surface area is 143 Å². The number of aryl methyl sites for hydroxylation is 1. The van der Waals surface area contributed by atoms with Gasteiger partial charge >= 0.3 is 0 Å². The molecule has 0 bridgehead atoms. The molecule has 0 aliphatic heterocycles. The Morgan fingerprint density at radius 3 is 2.48 bits per heavy atom. The monoisotopic (exact) mass is 350 g/mol. The largest absolute Gasteiger partial charge is 0.325 e. The minimum absolute atomic E-state index is 0.0308. The Bertz CT molecular complexity index is 735. The van der Waals surface area contributed by atoms with Crippen molar-refractivity contribution in [3.05, 3.63) is 63.2 Å². The van der Waals surface area contributed by atoms with Crippen LogP contribution >= 0.6 is 23.4 Å². The van der Waals surface area contributed by atoms with Crippen molar-refractivity contribution < 1.29 is 9.72 Å². The van der Waals surface area contributed by atoms with Crippen molar-refractivity contribution in [2.24, 2.45) is 0 Å². The number of nitrogens with one attached hydrogen (secondary N) is 1. The van der Waals surface area contributed by atoms with Gasteiger partial charge < -0.3 is 5.32 Å². The van der Waals surface area contributed by atoms with Crippen molar-refractivity contribution in [2.45, 2.75) is 24.0 Å². The molecule has 2 rings (SSSR count). The predicted octanol–water partition coefficient (Wildman–Crippen LogP) is 4.68. The fraction of sp³-hybridized carbons (Fsp3) is 0.188. The second kappa shape index (κ2) is 7.48. The van der Waals surface area contributed by atoms with E-state index in [2.05, 4.69) is 5.32 Å². The summed E-state index contributed by atoms with van der Waals surface area (Å²) in [5.74, 6) is -0.140. The molecule has 1 atom stereocenters. The zero-order valence-electron chi connectivity index (χ0n) is 12.6. The average Bonchev–Trinajstić information content (AvgIpc) is 2.50. The van der Waals surface area contributed by atoms with E-state index in [1.807, 2.05) is 6.92 Å². The van der Waals surface area contributed by atoms with Crippen LogP contribution in [-0.2, 0) is 4.79 Å². The molecular formula is C16H15ClN2O3S. The number of amides is 1. The van der Waals surface area contributed by atoms with Crippen molar-refractivity contribution in [1.82, 2.24) is 0 Å². The number of carbonyl (C=O) groups excluding carboxylic acids is 1. The van der Waals surface area contributed by atoms with Crippen LogP contribution in [0.25, 0.3) is 0 Å². The van der Waals surface area contributed by atoms with Gasteiger partial charge in [-0.25, -0.2) is 0 Å². The summed E-state index contributed by atoms with van der Waals surface area (Å²) in [6.45, 7) is 3.66. The summed E-state index contributed by atoms with van der Waals surface area (Å²) in [5, 5.41) is 13.8. The van der Waals surface area contributed by atoms with E-state index < -0.39 is 4.92 Å². The SMILES string of the molecule is Cc1cc(Cl)ccc1NC(=O)C(C)Sc1ccc([N+](=O)[O-])cc1. The smallest absolute Gasteiger partial charge is 0.269 e. The van der Waals surface area contributed by atoms with Crippen molar-refractivity contribution >= 4 is 40.6 Å². The van der Waals surface area contributed by atoms with Crippen LogP contribution in [0.4, 0.5) is 11.4 Å². The molecule has 7 heteroatoms. The van der Waals surface area contributed by atoms with Gasteiger partial charge in [0.15, 0.2) is 0 Å². The fourth-order valence-electron chi connectivity index (χ4n) is 1.91. The lowest BCUT2D eigenvalue weighted by Crippen LogP contribution is -2.22. The molecule has 2 aromatic carbocycles. The number of nitro benzene ring substituents is 1. The van der Waals surface area contributed by atoms with E-state index in [-0.39, 0.29) is 16.8 Å². The van der Waals surface area contributed by atoms with Crippen molar-refractivity contribution in [3.63, 3.8) is 0 Å². The highest BCUT2D eigenvalue weighted by molar-refractivity contribution is 8.00. The summed E-state index contributed by atoms with van der Waals surface area (Å²) in [4.78, 5) is 23.2. The summed E-state index contributed by atoms with van der Waals surface area (Å²) in [7, 11) is 0. The normalized spacial score (nSPS) is 11.8. The van der Waals surface area contributed by atoms with Crippen LogP contribution < -0.4 is 5.32 Å². The van der Waals surface area contributed by atoms with Gasteiger partial charge in [0.1, 0.15) is 0 Å². The van der Waals surface area contributed by atoms with Crippen LogP contribution in [0.2, 0.25) is 5.02 Å². The predicted molar refractivity (Wildman–Crippen MR) is 93.2 cm³/mol. The number of thioether (sulfide) groups is 1. The van der Waals surface area contributed by atoms with Gasteiger partial charge in [0.05, 0.1) is 10.2 Å². The van der Waals surface area contributed by atoms with Gasteiger partial charge in [0, 0.05) is 27.7 Å². The molecule has 0 spiro atoms. The van der Waals surface area contributed by atoms with E-state index in [0.29, 0.717) is 5.02 Å². The number of anilines is 1. The molecule has 120 valence electrons. The van der Waals surface area contributed by atoms with Crippen molar-refractivity contribution in [3.8, 4) is 0 Å². The number of nitro groups is 1. The van der Waals surface area contributed by atoms with E-state index >= 15 is 0 Å². The van der Waals surface area contributed by atoms with Crippen molar-refractivity contribution in [1.29, 1.82) is 0 Å². The van der Waals surface area contributed by atoms with Crippen LogP contribution in [0, 0.1) is 17.0 Å². The van der Waals surface area contributed by atoms with E-state index in [0.717, 1.165) is 16.1 Å². The molecule has 1 unspecified atom stereocenters. The molecule has 0 heterocycles. The lowest BCUT2D eigenvalue weighted by Gasteiger charge is -2.13. The Balaban J connectivity index is 2.00. The second-order valence-electron chi connectivity index (χ2n) is 4.96. The minimum Gasteiger partial charge on any atom is -0.325 e. The molecule has 0 aliphatic carbocycles. The van der Waals surface area contributed by atoms with Crippen LogP contribution in [0.15, 0.2) is 47.4 Å². The van der Waals surface area contributed by atoms with E-state index in [1.54, 1.807) is 37.3 Å². The Morgan fingerprint density at radius 2 is 1.91 bits per heavy atom. The first-order chi connectivity index (χ1) is 10.9. The van der Waals surface area contributed by atoms with E-state index in [1.165, 1.54) is 23.9 Å². The highest BCUT2D eigenvalue weighted by Gasteiger charge is 2.16. The Hall–Kier alpha value is -2.05. The standard InChI is InChI=1S/C16H15ClN2O3S/c1-10-9-12(17)3-8-15(10)18-16(20)11(2)23-14-6-4-13(5-7-14)19(21)22/h3-9,11H,1-2H3,(H,18,20). The van der Waals surface area contributed by atoms with Crippen LogP contribution in [0.3, 0.4) is 0 Å². The number of halogens is 1. The molecule has 0 fully saturated rings. The number of carbonyl (C=O) groups is 1. The summed E-state index contributed by atoms with van der Waals surface area (Å²) in [6.07, 6.45) is 0. The number of rotatable bonds is 5. The maximum atomic E-state index is 12.3. The Morgan fingerprint density at radius 1 is 1.26 bits per heavy atom. The first-order valence-electron chi connectivity index (χ1n) is 6.85. The van der Waals surface area contributed by atoms with Gasteiger partial charge in [0.25, 0.3) is 5.69 Å². The quantitative estimate of drug-likeness (QED) is 0.483. The molecule has 0 aliphatic rings. The zero-order chi connectivity index (χ0) is 17.0. The summed E-state index contributed by atoms with van der Waals surface area (Å²) >= 11 is 7.23. The van der Waals surface area contributed by atoms with Gasteiger partial charge in [-0.1, -0.05) is 11.6 Å². The molecule has 1 N–H and O–H groups in total. The molecule has 0 radical (unpaired) electrons. The van der Waals surface area contributed by atoms with Gasteiger partial charge in [-0.3, -0.25) is 14.9 Å². The van der Waals surface area contributed by atoms with Gasteiger partial charge in [0.2, 0.25) is 5.91 Å². The highest BCUT2D eigenvalue weighted by atomic mass is 35.5. The third kappa shape index (κ3) is 4.71. The lowest BCUT2D eigenvalue weighted by atomic mass is 10.2. The van der Waals surface area contributed by atoms with Crippen LogP contribution in [0.1, 0.15) is 12.5 Å². The molecular weight excluding hydrogens is 336 g/mol. The van der Waals surface area contributed by atoms with Crippen LogP contribution in [-0.4, -0.2) is 16.1 Å². The third-order valence-electron chi connectivity index (χ3n) is 3.18. The first kappa shape index (κ1) is 17.3. The molecule has 0 aromatic heterocycles. The molecule has 0 saturated heterocycles. The highest BCUT2D eigenvalue weighted by Crippen LogP contribution is 2.27. The van der Waals surface area contributed by atoms with Crippen molar-refractivity contribution in [2.75, 3.05) is 5.32 Å². The van der Waals surface area contributed by atoms with Crippen LogP contribution in [0.5, 0.6) is 0 Å². The summed E-state index contributed by atoms with van der Waals surface area (Å²) < 4.78 is 0. The summed E-state index contributed by atoms with van der Waals surface area (Å²) in [5.41, 5.74) is 1.64.